The molecule has 0 spiro atoms. The van der Waals surface area contributed by atoms with Gasteiger partial charge in [0.2, 0.25) is 0 Å². The summed E-state index contributed by atoms with van der Waals surface area (Å²) in [4.78, 5) is 6.62. The predicted octanol–water partition coefficient (Wildman–Crippen LogP) is 10.6. The van der Waals surface area contributed by atoms with Crippen molar-refractivity contribution in [2.24, 2.45) is 34.6 Å². The number of unbranched alkanes of at least 4 members (excludes halogenated alkanes) is 1. The molecule has 0 saturated heterocycles. The standard InChI is InChI=1S/C31H55NS2/c1-11-13-16-24(7)20-33-26(9)19-28(17-14-15-22(3)4)27(10)31(32-12-2)29-21-34-30(23(5)6)18-25(29)8/h15,19,21,23-25,27-28,30H,11-14,16-18,20H2,1-10H3. The van der Waals surface area contributed by atoms with Crippen LogP contribution in [0.25, 0.3) is 0 Å². The van der Waals surface area contributed by atoms with E-state index in [1.807, 2.05) is 11.8 Å². The van der Waals surface area contributed by atoms with Crippen LogP contribution < -0.4 is 0 Å². The summed E-state index contributed by atoms with van der Waals surface area (Å²) < 4.78 is 0. The fourth-order valence-electron chi connectivity index (χ4n) is 4.72. The lowest BCUT2D eigenvalue weighted by molar-refractivity contribution is 0.483. The molecular weight excluding hydrogens is 450 g/mol. The van der Waals surface area contributed by atoms with Gasteiger partial charge in [0.05, 0.1) is 0 Å². The van der Waals surface area contributed by atoms with Crippen LogP contribution in [-0.4, -0.2) is 23.3 Å². The van der Waals surface area contributed by atoms with Crippen LogP contribution in [0.5, 0.6) is 0 Å². The van der Waals surface area contributed by atoms with Crippen LogP contribution in [0.4, 0.5) is 0 Å². The molecule has 0 saturated carbocycles. The Labute approximate surface area is 222 Å². The van der Waals surface area contributed by atoms with E-state index in [9.17, 15) is 0 Å². The molecule has 0 bridgehead atoms. The monoisotopic (exact) mass is 505 g/mol. The smallest absolute Gasteiger partial charge is 0.0421 e. The van der Waals surface area contributed by atoms with Crippen molar-refractivity contribution in [2.45, 2.75) is 113 Å². The zero-order valence-electron chi connectivity index (χ0n) is 24.1. The van der Waals surface area contributed by atoms with E-state index < -0.39 is 0 Å². The van der Waals surface area contributed by atoms with Gasteiger partial charge in [0.1, 0.15) is 0 Å². The molecule has 1 heterocycles. The number of aliphatic imine (C=N–C) groups is 1. The van der Waals surface area contributed by atoms with Crippen LogP contribution >= 0.6 is 23.5 Å². The van der Waals surface area contributed by atoms with Gasteiger partial charge in [0, 0.05) is 29.2 Å². The van der Waals surface area contributed by atoms with E-state index in [-0.39, 0.29) is 0 Å². The Morgan fingerprint density at radius 3 is 2.41 bits per heavy atom. The Bertz CT molecular complexity index is 696. The highest BCUT2D eigenvalue weighted by atomic mass is 32.2. The fraction of sp³-hybridized carbons (Fsp3) is 0.774. The molecule has 34 heavy (non-hydrogen) atoms. The molecule has 5 atom stereocenters. The van der Waals surface area contributed by atoms with Crippen LogP contribution in [0.15, 0.2) is 38.6 Å². The van der Waals surface area contributed by atoms with Crippen LogP contribution in [0.2, 0.25) is 0 Å². The Morgan fingerprint density at radius 1 is 1.15 bits per heavy atom. The molecule has 0 aromatic rings. The lowest BCUT2D eigenvalue weighted by Crippen LogP contribution is -2.29. The van der Waals surface area contributed by atoms with Crippen LogP contribution in [0.1, 0.15) is 108 Å². The molecule has 196 valence electrons. The zero-order valence-corrected chi connectivity index (χ0v) is 25.7. The van der Waals surface area contributed by atoms with Gasteiger partial charge in [-0.05, 0) is 92.9 Å². The highest BCUT2D eigenvalue weighted by Crippen LogP contribution is 2.39. The van der Waals surface area contributed by atoms with Crippen molar-refractivity contribution in [1.82, 2.24) is 0 Å². The molecule has 1 nitrogen and oxygen atoms in total. The maximum Gasteiger partial charge on any atom is 0.0421 e. The number of allylic oxidation sites excluding steroid dienone is 5. The third kappa shape index (κ3) is 11.5. The normalized spacial score (nSPS) is 22.4. The third-order valence-corrected chi connectivity index (χ3v) is 9.88. The Kier molecular flexibility index (Phi) is 15.9. The van der Waals surface area contributed by atoms with E-state index in [4.69, 9.17) is 4.99 Å². The van der Waals surface area contributed by atoms with Crippen LogP contribution in [-0.2, 0) is 0 Å². The molecule has 1 aliphatic heterocycles. The van der Waals surface area contributed by atoms with E-state index in [0.717, 1.165) is 30.1 Å². The van der Waals surface area contributed by atoms with Crippen LogP contribution in [0, 0.1) is 29.6 Å². The SMILES string of the molecule is CCCCC(C)CSC(C)=CC(CCC=C(C)C)C(C)C(=NCC)C1=CSC(C(C)C)CC1C. The van der Waals surface area contributed by atoms with E-state index in [1.165, 1.54) is 59.6 Å². The molecule has 0 amide bonds. The minimum atomic E-state index is 0.448. The molecule has 0 N–H and O–H groups in total. The summed E-state index contributed by atoms with van der Waals surface area (Å²) >= 11 is 4.12. The fourth-order valence-corrected chi connectivity index (χ4v) is 7.10. The second-order valence-electron chi connectivity index (χ2n) is 11.1. The molecule has 1 aliphatic rings. The Balaban J connectivity index is 3.10. The Morgan fingerprint density at radius 2 is 1.85 bits per heavy atom. The summed E-state index contributed by atoms with van der Waals surface area (Å²) in [5, 5.41) is 3.20. The molecule has 0 radical (unpaired) electrons. The maximum absolute atomic E-state index is 5.13. The maximum atomic E-state index is 5.13. The van der Waals surface area contributed by atoms with Crippen molar-refractivity contribution >= 4 is 29.2 Å². The van der Waals surface area contributed by atoms with E-state index in [0.29, 0.717) is 17.8 Å². The third-order valence-electron chi connectivity index (χ3n) is 7.08. The van der Waals surface area contributed by atoms with Gasteiger partial charge in [-0.2, -0.15) is 0 Å². The van der Waals surface area contributed by atoms with Crippen LogP contribution in [0.3, 0.4) is 0 Å². The van der Waals surface area contributed by atoms with E-state index in [2.05, 4.69) is 98.6 Å². The second-order valence-corrected chi connectivity index (χ2v) is 13.5. The molecule has 5 unspecified atom stereocenters. The summed E-state index contributed by atoms with van der Waals surface area (Å²) in [5.74, 6) is 4.34. The molecule has 0 aliphatic carbocycles. The van der Waals surface area contributed by atoms with Gasteiger partial charge in [-0.1, -0.05) is 72.1 Å². The topological polar surface area (TPSA) is 12.4 Å². The Hall–Kier alpha value is -0.410. The lowest BCUT2D eigenvalue weighted by Gasteiger charge is -2.33. The van der Waals surface area contributed by atoms with E-state index >= 15 is 0 Å². The molecule has 0 aromatic heterocycles. The van der Waals surface area contributed by atoms with Crippen molar-refractivity contribution in [3.63, 3.8) is 0 Å². The van der Waals surface area contributed by atoms with Crippen molar-refractivity contribution in [2.75, 3.05) is 12.3 Å². The van der Waals surface area contributed by atoms with Gasteiger partial charge in [-0.3, -0.25) is 4.99 Å². The first-order chi connectivity index (χ1) is 16.1. The predicted molar refractivity (Wildman–Crippen MR) is 162 cm³/mol. The average molecular weight is 506 g/mol. The molecule has 0 fully saturated rings. The van der Waals surface area contributed by atoms with E-state index in [1.54, 1.807) is 0 Å². The van der Waals surface area contributed by atoms with Gasteiger partial charge in [0.15, 0.2) is 0 Å². The van der Waals surface area contributed by atoms with Gasteiger partial charge in [-0.25, -0.2) is 0 Å². The van der Waals surface area contributed by atoms with Gasteiger partial charge in [-0.15, -0.1) is 23.5 Å². The number of nitrogens with zero attached hydrogens (tertiary/aromatic N) is 1. The van der Waals surface area contributed by atoms with Gasteiger partial charge >= 0.3 is 0 Å². The first-order valence-corrected chi connectivity index (χ1v) is 15.9. The molecule has 0 aromatic carbocycles. The average Bonchev–Trinajstić information content (AvgIpc) is 2.78. The summed E-state index contributed by atoms with van der Waals surface area (Å²) in [6, 6.07) is 0. The van der Waals surface area contributed by atoms with Gasteiger partial charge in [0.25, 0.3) is 0 Å². The van der Waals surface area contributed by atoms with Gasteiger partial charge < -0.3 is 0 Å². The van der Waals surface area contributed by atoms with Crippen molar-refractivity contribution < 1.29 is 0 Å². The zero-order chi connectivity index (χ0) is 25.7. The van der Waals surface area contributed by atoms with Crippen molar-refractivity contribution in [1.29, 1.82) is 0 Å². The van der Waals surface area contributed by atoms with Crippen molar-refractivity contribution in [3.8, 4) is 0 Å². The minimum absolute atomic E-state index is 0.448. The quantitative estimate of drug-likeness (QED) is 0.162. The summed E-state index contributed by atoms with van der Waals surface area (Å²) in [5.41, 5.74) is 4.31. The number of hydrogen-bond acceptors (Lipinski definition) is 3. The summed E-state index contributed by atoms with van der Waals surface area (Å²) in [6.45, 7) is 24.1. The summed E-state index contributed by atoms with van der Waals surface area (Å²) in [6.07, 6.45) is 12.6. The number of rotatable bonds is 15. The largest absolute Gasteiger partial charge is 0.289 e. The lowest BCUT2D eigenvalue weighted by atomic mass is 9.79. The highest BCUT2D eigenvalue weighted by Gasteiger charge is 2.30. The molecule has 3 heteroatoms. The molecule has 1 rings (SSSR count). The number of thioether (sulfide) groups is 2. The minimum Gasteiger partial charge on any atom is -0.289 e. The second kappa shape index (κ2) is 17.1. The highest BCUT2D eigenvalue weighted by molar-refractivity contribution is 8.03. The van der Waals surface area contributed by atoms with Crippen molar-refractivity contribution in [3.05, 3.63) is 33.6 Å². The first-order valence-electron chi connectivity index (χ1n) is 13.9. The summed E-state index contributed by atoms with van der Waals surface area (Å²) in [7, 11) is 0. The number of hydrogen-bond donors (Lipinski definition) is 0. The first kappa shape index (κ1) is 31.6. The molecular formula is C31H55NS2.